The van der Waals surface area contributed by atoms with Crippen LogP contribution in [0.5, 0.6) is 0 Å². The zero-order chi connectivity index (χ0) is 17.2. The van der Waals surface area contributed by atoms with E-state index in [2.05, 4.69) is 71.6 Å². The van der Waals surface area contributed by atoms with Crippen molar-refractivity contribution >= 4 is 11.6 Å². The van der Waals surface area contributed by atoms with Crippen molar-refractivity contribution in [1.29, 1.82) is 0 Å². The Bertz CT molecular complexity index is 618. The van der Waals surface area contributed by atoms with Gasteiger partial charge >= 0.3 is 0 Å². The molecule has 130 valence electrons. The summed E-state index contributed by atoms with van der Waals surface area (Å²) in [6.07, 6.45) is 3.07. The summed E-state index contributed by atoms with van der Waals surface area (Å²) in [5.74, 6) is 0.957. The largest absolute Gasteiger partial charge is 0.385 e. The van der Waals surface area contributed by atoms with Crippen molar-refractivity contribution in [1.82, 2.24) is 14.8 Å². The number of hydrogen-bond donors (Lipinski definition) is 2. The van der Waals surface area contributed by atoms with Gasteiger partial charge in [0, 0.05) is 51.3 Å². The molecule has 0 unspecified atom stereocenters. The van der Waals surface area contributed by atoms with Gasteiger partial charge in [-0.3, -0.25) is 4.99 Å². The predicted octanol–water partition coefficient (Wildman–Crippen LogP) is 2.92. The van der Waals surface area contributed by atoms with E-state index in [4.69, 9.17) is 4.99 Å². The molecule has 24 heavy (non-hydrogen) atoms. The Balaban J connectivity index is 1.80. The lowest BCUT2D eigenvalue weighted by Gasteiger charge is -2.22. The van der Waals surface area contributed by atoms with Crippen LogP contribution in [0.3, 0.4) is 0 Å². The third-order valence-electron chi connectivity index (χ3n) is 3.85. The third kappa shape index (κ3) is 5.65. The predicted molar refractivity (Wildman–Crippen MR) is 102 cm³/mol. The highest BCUT2D eigenvalue weighted by atomic mass is 15.3. The standard InChI is InChI=1S/C19H29N5/c1-4-20-19(24(3)16-18-12-8-15-23(18)2)22-14-9-13-21-17-10-6-5-7-11-17/h5-8,10-12,15,21H,4,9,13-14,16H2,1-3H3,(H,20,22). The molecule has 0 amide bonds. The van der Waals surface area contributed by atoms with Crippen molar-refractivity contribution in [3.8, 4) is 0 Å². The first-order valence-corrected chi connectivity index (χ1v) is 8.59. The van der Waals surface area contributed by atoms with Gasteiger partial charge in [0.1, 0.15) is 0 Å². The second-order valence-electron chi connectivity index (χ2n) is 5.85. The Kier molecular flexibility index (Phi) is 7.21. The summed E-state index contributed by atoms with van der Waals surface area (Å²) in [5, 5.41) is 6.79. The van der Waals surface area contributed by atoms with Crippen LogP contribution in [0.25, 0.3) is 0 Å². The summed E-state index contributed by atoms with van der Waals surface area (Å²) in [6, 6.07) is 14.5. The summed E-state index contributed by atoms with van der Waals surface area (Å²) < 4.78 is 2.14. The molecule has 0 spiro atoms. The Hall–Kier alpha value is -2.43. The normalized spacial score (nSPS) is 11.4. The molecule has 0 aliphatic heterocycles. The highest BCUT2D eigenvalue weighted by Crippen LogP contribution is 2.05. The fourth-order valence-electron chi connectivity index (χ4n) is 2.50. The monoisotopic (exact) mass is 327 g/mol. The van der Waals surface area contributed by atoms with Gasteiger partial charge in [-0.05, 0) is 37.6 Å². The summed E-state index contributed by atoms with van der Waals surface area (Å²) in [6.45, 7) is 5.55. The fourth-order valence-corrected chi connectivity index (χ4v) is 2.50. The summed E-state index contributed by atoms with van der Waals surface area (Å²) in [4.78, 5) is 6.91. The van der Waals surface area contributed by atoms with Gasteiger partial charge in [-0.2, -0.15) is 0 Å². The SMILES string of the molecule is CCNC(=NCCCNc1ccccc1)N(C)Cc1cccn1C. The molecule has 5 heteroatoms. The lowest BCUT2D eigenvalue weighted by Crippen LogP contribution is -2.39. The van der Waals surface area contributed by atoms with E-state index < -0.39 is 0 Å². The van der Waals surface area contributed by atoms with Crippen LogP contribution in [0, 0.1) is 0 Å². The Morgan fingerprint density at radius 3 is 2.62 bits per heavy atom. The van der Waals surface area contributed by atoms with Crippen LogP contribution in [-0.4, -0.2) is 42.1 Å². The molecular formula is C19H29N5. The van der Waals surface area contributed by atoms with Crippen LogP contribution in [-0.2, 0) is 13.6 Å². The molecule has 5 nitrogen and oxygen atoms in total. The molecule has 0 aliphatic rings. The van der Waals surface area contributed by atoms with Crippen molar-refractivity contribution in [3.63, 3.8) is 0 Å². The van der Waals surface area contributed by atoms with Crippen molar-refractivity contribution in [2.75, 3.05) is 32.0 Å². The van der Waals surface area contributed by atoms with Gasteiger partial charge in [0.2, 0.25) is 0 Å². The summed E-state index contributed by atoms with van der Waals surface area (Å²) in [7, 11) is 4.15. The Morgan fingerprint density at radius 1 is 1.17 bits per heavy atom. The smallest absolute Gasteiger partial charge is 0.194 e. The van der Waals surface area contributed by atoms with Gasteiger partial charge in [0.25, 0.3) is 0 Å². The highest BCUT2D eigenvalue weighted by Gasteiger charge is 2.07. The number of aliphatic imine (C=N–C) groups is 1. The number of guanidine groups is 1. The maximum absolute atomic E-state index is 4.74. The summed E-state index contributed by atoms with van der Waals surface area (Å²) in [5.41, 5.74) is 2.43. The molecule has 1 aromatic carbocycles. The first-order chi connectivity index (χ1) is 11.7. The average Bonchev–Trinajstić information content (AvgIpc) is 2.99. The number of aromatic nitrogens is 1. The van der Waals surface area contributed by atoms with Crippen LogP contribution in [0.1, 0.15) is 19.0 Å². The molecule has 0 bridgehead atoms. The molecule has 0 saturated carbocycles. The van der Waals surface area contributed by atoms with Crippen molar-refractivity contribution < 1.29 is 0 Å². The Labute approximate surface area is 145 Å². The number of rotatable bonds is 8. The van der Waals surface area contributed by atoms with Crippen LogP contribution >= 0.6 is 0 Å². The first kappa shape index (κ1) is 17.9. The molecule has 2 rings (SSSR count). The first-order valence-electron chi connectivity index (χ1n) is 8.59. The van der Waals surface area contributed by atoms with E-state index in [1.165, 1.54) is 5.69 Å². The topological polar surface area (TPSA) is 44.6 Å². The van der Waals surface area contributed by atoms with Gasteiger partial charge in [-0.25, -0.2) is 0 Å². The molecule has 0 atom stereocenters. The molecule has 0 fully saturated rings. The van der Waals surface area contributed by atoms with Gasteiger partial charge in [-0.1, -0.05) is 18.2 Å². The van der Waals surface area contributed by atoms with Gasteiger partial charge in [-0.15, -0.1) is 0 Å². The number of benzene rings is 1. The average molecular weight is 327 g/mol. The number of nitrogens with one attached hydrogen (secondary N) is 2. The van der Waals surface area contributed by atoms with Crippen LogP contribution in [0.4, 0.5) is 5.69 Å². The van der Waals surface area contributed by atoms with Crippen LogP contribution in [0.15, 0.2) is 53.7 Å². The van der Waals surface area contributed by atoms with E-state index in [-0.39, 0.29) is 0 Å². The number of anilines is 1. The lowest BCUT2D eigenvalue weighted by atomic mass is 10.3. The molecule has 1 aromatic heterocycles. The van der Waals surface area contributed by atoms with E-state index in [1.54, 1.807) is 0 Å². The van der Waals surface area contributed by atoms with Crippen molar-refractivity contribution in [2.45, 2.75) is 19.9 Å². The molecule has 2 aromatic rings. The van der Waals surface area contributed by atoms with Crippen molar-refractivity contribution in [3.05, 3.63) is 54.4 Å². The zero-order valence-electron chi connectivity index (χ0n) is 15.0. The minimum Gasteiger partial charge on any atom is -0.385 e. The minimum absolute atomic E-state index is 0.805. The molecular weight excluding hydrogens is 298 g/mol. The summed E-state index contributed by atoms with van der Waals surface area (Å²) >= 11 is 0. The quantitative estimate of drug-likeness (QED) is 0.445. The third-order valence-corrected chi connectivity index (χ3v) is 3.85. The number of hydrogen-bond acceptors (Lipinski definition) is 2. The number of aryl methyl sites for hydroxylation is 1. The van der Waals surface area contributed by atoms with Crippen LogP contribution < -0.4 is 10.6 Å². The van der Waals surface area contributed by atoms with E-state index in [9.17, 15) is 0 Å². The molecule has 1 heterocycles. The van der Waals surface area contributed by atoms with Gasteiger partial charge in [0.05, 0.1) is 6.54 Å². The Morgan fingerprint density at radius 2 is 1.96 bits per heavy atom. The molecule has 0 aliphatic carbocycles. The second-order valence-corrected chi connectivity index (χ2v) is 5.85. The lowest BCUT2D eigenvalue weighted by molar-refractivity contribution is 0.462. The van der Waals surface area contributed by atoms with Gasteiger partial charge < -0.3 is 20.1 Å². The van der Waals surface area contributed by atoms with E-state index >= 15 is 0 Å². The van der Waals surface area contributed by atoms with Crippen LogP contribution in [0.2, 0.25) is 0 Å². The van der Waals surface area contributed by atoms with E-state index in [0.29, 0.717) is 0 Å². The number of nitrogens with zero attached hydrogens (tertiary/aromatic N) is 3. The zero-order valence-corrected chi connectivity index (χ0v) is 15.0. The van der Waals surface area contributed by atoms with E-state index in [0.717, 1.165) is 44.2 Å². The minimum atomic E-state index is 0.805. The highest BCUT2D eigenvalue weighted by molar-refractivity contribution is 5.79. The second kappa shape index (κ2) is 9.65. The number of para-hydroxylation sites is 1. The fraction of sp³-hybridized carbons (Fsp3) is 0.421. The van der Waals surface area contributed by atoms with Crippen molar-refractivity contribution in [2.24, 2.45) is 12.0 Å². The molecule has 0 saturated heterocycles. The van der Waals surface area contributed by atoms with E-state index in [1.807, 2.05) is 18.2 Å². The van der Waals surface area contributed by atoms with Gasteiger partial charge in [0.15, 0.2) is 5.96 Å². The maximum atomic E-state index is 4.74. The maximum Gasteiger partial charge on any atom is 0.194 e. The molecule has 0 radical (unpaired) electrons. The molecule has 2 N–H and O–H groups in total.